The summed E-state index contributed by atoms with van der Waals surface area (Å²) in [5.41, 5.74) is 0.952. The second-order valence-corrected chi connectivity index (χ2v) is 11.5. The van der Waals surface area contributed by atoms with Gasteiger partial charge in [-0.2, -0.15) is 0 Å². The van der Waals surface area contributed by atoms with Gasteiger partial charge in [0.25, 0.3) is 5.91 Å². The zero-order valence-electron chi connectivity index (χ0n) is 21.7. The normalized spacial score (nSPS) is 26.6. The van der Waals surface area contributed by atoms with E-state index in [0.717, 1.165) is 55.2 Å². The fourth-order valence-electron chi connectivity index (χ4n) is 6.45. The van der Waals surface area contributed by atoms with Crippen LogP contribution in [0.3, 0.4) is 0 Å². The van der Waals surface area contributed by atoms with Gasteiger partial charge in [0, 0.05) is 36.5 Å². The van der Waals surface area contributed by atoms with Crippen molar-refractivity contribution in [3.8, 4) is 16.9 Å². The predicted octanol–water partition coefficient (Wildman–Crippen LogP) is 5.61. The van der Waals surface area contributed by atoms with Gasteiger partial charge >= 0.3 is 5.97 Å². The lowest BCUT2D eigenvalue weighted by molar-refractivity contribution is -0.132. The van der Waals surface area contributed by atoms with Crippen LogP contribution in [0.2, 0.25) is 0 Å². The molecule has 1 spiro atoms. The number of ether oxygens (including phenoxy) is 1. The van der Waals surface area contributed by atoms with Gasteiger partial charge in [-0.25, -0.2) is 9.18 Å². The number of alkyl halides is 1. The maximum atomic E-state index is 15.6. The van der Waals surface area contributed by atoms with Crippen molar-refractivity contribution in [1.29, 1.82) is 0 Å². The fourth-order valence-corrected chi connectivity index (χ4v) is 6.45. The van der Waals surface area contributed by atoms with Crippen molar-refractivity contribution in [2.45, 2.75) is 94.5 Å². The van der Waals surface area contributed by atoms with Crippen molar-refractivity contribution in [3.63, 3.8) is 0 Å². The highest BCUT2D eigenvalue weighted by atomic mass is 19.1. The second kappa shape index (κ2) is 10.1. The number of carbonyl (C=O) groups excluding carboxylic acids is 1. The zero-order chi connectivity index (χ0) is 26.2. The summed E-state index contributed by atoms with van der Waals surface area (Å²) >= 11 is 0. The van der Waals surface area contributed by atoms with E-state index in [-0.39, 0.29) is 42.1 Å². The maximum absolute atomic E-state index is 15.6. The molecule has 5 rings (SSSR count). The number of benzene rings is 2. The van der Waals surface area contributed by atoms with E-state index in [4.69, 9.17) is 4.74 Å². The summed E-state index contributed by atoms with van der Waals surface area (Å²) in [7, 11) is 0. The molecule has 1 saturated heterocycles. The van der Waals surface area contributed by atoms with Gasteiger partial charge in [-0.1, -0.05) is 51.0 Å². The molecule has 37 heavy (non-hydrogen) atoms. The molecule has 0 aromatic heterocycles. The number of carboxylic acid groups (broad SMARTS) is 1. The van der Waals surface area contributed by atoms with E-state index in [2.05, 4.69) is 30.5 Å². The quantitative estimate of drug-likeness (QED) is 0.453. The molecule has 2 saturated carbocycles. The van der Waals surface area contributed by atoms with Crippen molar-refractivity contribution in [2.24, 2.45) is 0 Å². The smallest absolute Gasteiger partial charge is 0.335 e. The number of carboxylic acids is 1. The van der Waals surface area contributed by atoms with Gasteiger partial charge in [0.2, 0.25) is 5.67 Å². The Morgan fingerprint density at radius 1 is 1.11 bits per heavy atom. The van der Waals surface area contributed by atoms with E-state index in [1.54, 1.807) is 18.2 Å². The third kappa shape index (κ3) is 5.24. The van der Waals surface area contributed by atoms with Crippen molar-refractivity contribution in [1.82, 2.24) is 10.6 Å². The van der Waals surface area contributed by atoms with Gasteiger partial charge in [-0.15, -0.1) is 0 Å². The first kappa shape index (κ1) is 25.7. The summed E-state index contributed by atoms with van der Waals surface area (Å²) in [5.74, 6) is -0.614. The highest BCUT2D eigenvalue weighted by Crippen LogP contribution is 2.43. The zero-order valence-corrected chi connectivity index (χ0v) is 21.7. The molecule has 0 bridgehead atoms. The SMILES string of the molecule is CC(C)c1ccccc1-c1cc(C(=O)O)ccc1O[C@@H]1CC[C@@H](NC(=O)[C@]2(F)CNC3(CCCC3)C2)C1. The van der Waals surface area contributed by atoms with Crippen LogP contribution in [0, 0.1) is 0 Å². The Hall–Kier alpha value is -2.93. The molecule has 6 nitrogen and oxygen atoms in total. The van der Waals surface area contributed by atoms with E-state index in [1.165, 1.54) is 0 Å². The summed E-state index contributed by atoms with van der Waals surface area (Å²) in [6, 6.07) is 12.8. The minimum Gasteiger partial charge on any atom is -0.490 e. The minimum absolute atomic E-state index is 0.0834. The Morgan fingerprint density at radius 2 is 1.86 bits per heavy atom. The summed E-state index contributed by atoms with van der Waals surface area (Å²) < 4.78 is 22.0. The molecule has 0 radical (unpaired) electrons. The molecule has 1 aliphatic heterocycles. The molecule has 0 unspecified atom stereocenters. The highest BCUT2D eigenvalue weighted by molar-refractivity contribution is 5.91. The molecule has 198 valence electrons. The maximum Gasteiger partial charge on any atom is 0.335 e. The summed E-state index contributed by atoms with van der Waals surface area (Å²) in [4.78, 5) is 24.7. The monoisotopic (exact) mass is 508 g/mol. The van der Waals surface area contributed by atoms with Crippen molar-refractivity contribution in [2.75, 3.05) is 6.54 Å². The first-order valence-electron chi connectivity index (χ1n) is 13.6. The van der Waals surface area contributed by atoms with Crippen LogP contribution in [0.25, 0.3) is 11.1 Å². The Morgan fingerprint density at radius 3 is 2.59 bits per heavy atom. The second-order valence-electron chi connectivity index (χ2n) is 11.5. The van der Waals surface area contributed by atoms with Gasteiger partial charge in [0.15, 0.2) is 0 Å². The first-order valence-corrected chi connectivity index (χ1v) is 13.6. The molecule has 1 heterocycles. The Labute approximate surface area is 218 Å². The lowest BCUT2D eigenvalue weighted by Crippen LogP contribution is -2.48. The molecule has 7 heteroatoms. The number of nitrogens with one attached hydrogen (secondary N) is 2. The lowest BCUT2D eigenvalue weighted by Gasteiger charge is -2.25. The predicted molar refractivity (Wildman–Crippen MR) is 141 cm³/mol. The molecule has 1 amide bonds. The number of hydrogen-bond acceptors (Lipinski definition) is 4. The van der Waals surface area contributed by atoms with Crippen LogP contribution in [-0.4, -0.2) is 46.9 Å². The van der Waals surface area contributed by atoms with Gasteiger partial charge in [-0.3, -0.25) is 4.79 Å². The van der Waals surface area contributed by atoms with Gasteiger partial charge in [0.1, 0.15) is 11.9 Å². The number of amides is 1. The van der Waals surface area contributed by atoms with Crippen LogP contribution in [0.15, 0.2) is 42.5 Å². The summed E-state index contributed by atoms with van der Waals surface area (Å²) in [6.45, 7) is 4.30. The number of hydrogen-bond donors (Lipinski definition) is 3. The van der Waals surface area contributed by atoms with Gasteiger partial charge < -0.3 is 20.5 Å². The highest BCUT2D eigenvalue weighted by Gasteiger charge is 2.54. The van der Waals surface area contributed by atoms with Crippen LogP contribution in [0.5, 0.6) is 5.75 Å². The van der Waals surface area contributed by atoms with E-state index in [9.17, 15) is 14.7 Å². The largest absolute Gasteiger partial charge is 0.490 e. The third-order valence-corrected chi connectivity index (χ3v) is 8.44. The van der Waals surface area contributed by atoms with E-state index < -0.39 is 17.5 Å². The standard InChI is InChI=1S/C30H37FN2O4/c1-19(2)23-7-3-4-8-24(23)25-15-20(27(34)35)9-12-26(25)37-22-11-10-21(16-22)33-28(36)30(31)17-29(32-18-30)13-5-6-14-29/h3-4,7-9,12,15,19,21-22,32H,5-6,10-11,13-14,16-18H2,1-2H3,(H,33,36)(H,34,35)/t21-,22-,30-/m1/s1. The van der Waals surface area contributed by atoms with Crippen molar-refractivity contribution >= 4 is 11.9 Å². The van der Waals surface area contributed by atoms with Crippen LogP contribution in [0.1, 0.15) is 87.1 Å². The number of halogens is 1. The fraction of sp³-hybridized carbons (Fsp3) is 0.533. The van der Waals surface area contributed by atoms with Crippen molar-refractivity contribution < 1.29 is 23.8 Å². The number of aromatic carboxylic acids is 1. The molecule has 2 aromatic rings. The van der Waals surface area contributed by atoms with Crippen LogP contribution < -0.4 is 15.4 Å². The Balaban J connectivity index is 1.29. The average Bonchev–Trinajstić information content (AvgIpc) is 3.61. The Bertz CT molecular complexity index is 1180. The topological polar surface area (TPSA) is 87.7 Å². The van der Waals surface area contributed by atoms with Crippen LogP contribution in [-0.2, 0) is 4.79 Å². The molecule has 3 atom stereocenters. The molecular formula is C30H37FN2O4. The third-order valence-electron chi connectivity index (χ3n) is 8.44. The lowest BCUT2D eigenvalue weighted by atomic mass is 9.89. The van der Waals surface area contributed by atoms with Gasteiger partial charge in [-0.05, 0) is 60.9 Å². The number of carbonyl (C=O) groups is 2. The van der Waals surface area contributed by atoms with Crippen LogP contribution >= 0.6 is 0 Å². The van der Waals surface area contributed by atoms with Crippen molar-refractivity contribution in [3.05, 3.63) is 53.6 Å². The van der Waals surface area contributed by atoms with E-state index >= 15 is 4.39 Å². The number of rotatable bonds is 7. The molecule has 3 N–H and O–H groups in total. The van der Waals surface area contributed by atoms with Crippen LogP contribution in [0.4, 0.5) is 4.39 Å². The van der Waals surface area contributed by atoms with E-state index in [0.29, 0.717) is 12.2 Å². The summed E-state index contributed by atoms with van der Waals surface area (Å²) in [6.07, 6.45) is 6.20. The first-order chi connectivity index (χ1) is 17.7. The molecule has 3 aliphatic rings. The minimum atomic E-state index is -1.86. The molecule has 2 aromatic carbocycles. The van der Waals surface area contributed by atoms with E-state index in [1.807, 2.05) is 18.2 Å². The molecular weight excluding hydrogens is 471 g/mol. The molecule has 3 fully saturated rings. The Kier molecular flexibility index (Phi) is 7.01. The average molecular weight is 509 g/mol. The van der Waals surface area contributed by atoms with Gasteiger partial charge in [0.05, 0.1) is 5.56 Å². The molecule has 2 aliphatic carbocycles. The summed E-state index contributed by atoms with van der Waals surface area (Å²) in [5, 5.41) is 15.9.